The second-order valence-electron chi connectivity index (χ2n) is 10.5. The SMILES string of the molecule is CCN(CC)C(=O)OCCCCCCS[C@@H]1O[C@@H]2O[C@@H](C)CC[C@H]3[C@H](C)CC[C@@H]([C@H]1C)[C@@]23OO. The fourth-order valence-electron chi connectivity index (χ4n) is 6.36. The molecule has 2 aliphatic heterocycles. The van der Waals surface area contributed by atoms with Crippen LogP contribution in [0.15, 0.2) is 0 Å². The van der Waals surface area contributed by atoms with Crippen molar-refractivity contribution in [2.45, 2.75) is 109 Å². The van der Waals surface area contributed by atoms with Crippen molar-refractivity contribution < 1.29 is 29.1 Å². The summed E-state index contributed by atoms with van der Waals surface area (Å²) in [6.07, 6.45) is 7.75. The number of hydrogen-bond donors (Lipinski definition) is 1. The number of nitrogens with zero attached hydrogens (tertiary/aromatic N) is 1. The Bertz CT molecular complexity index is 634. The molecule has 8 heteroatoms. The van der Waals surface area contributed by atoms with Gasteiger partial charge in [-0.15, -0.1) is 11.8 Å². The summed E-state index contributed by atoms with van der Waals surface area (Å²) in [6, 6.07) is 0. The van der Waals surface area contributed by atoms with Gasteiger partial charge in [0.1, 0.15) is 5.44 Å². The van der Waals surface area contributed by atoms with E-state index in [2.05, 4.69) is 20.8 Å². The van der Waals surface area contributed by atoms with E-state index in [-0.39, 0.29) is 29.5 Å². The van der Waals surface area contributed by atoms with E-state index in [4.69, 9.17) is 19.1 Å². The summed E-state index contributed by atoms with van der Waals surface area (Å²) in [5.41, 5.74) is -0.700. The number of hydrogen-bond acceptors (Lipinski definition) is 7. The molecule has 1 amide bonds. The summed E-state index contributed by atoms with van der Waals surface area (Å²) in [5.74, 6) is 2.30. The van der Waals surface area contributed by atoms with Crippen molar-refractivity contribution in [1.29, 1.82) is 0 Å². The molecule has 1 N–H and O–H groups in total. The Labute approximate surface area is 210 Å². The maximum absolute atomic E-state index is 11.9. The van der Waals surface area contributed by atoms with Crippen LogP contribution in [0.5, 0.6) is 0 Å². The lowest BCUT2D eigenvalue weighted by Crippen LogP contribution is -2.66. The van der Waals surface area contributed by atoms with Crippen LogP contribution in [0.4, 0.5) is 4.79 Å². The summed E-state index contributed by atoms with van der Waals surface area (Å²) >= 11 is 1.87. The first-order valence-corrected chi connectivity index (χ1v) is 14.6. The summed E-state index contributed by atoms with van der Waals surface area (Å²) < 4.78 is 18.2. The highest BCUT2D eigenvalue weighted by molar-refractivity contribution is 7.99. The zero-order valence-electron chi connectivity index (χ0n) is 21.9. The molecule has 0 unspecified atom stereocenters. The van der Waals surface area contributed by atoms with Gasteiger partial charge in [0.25, 0.3) is 0 Å². The molecule has 34 heavy (non-hydrogen) atoms. The van der Waals surface area contributed by atoms with E-state index < -0.39 is 11.9 Å². The largest absolute Gasteiger partial charge is 0.449 e. The molecule has 3 aliphatic rings. The molecule has 3 fully saturated rings. The summed E-state index contributed by atoms with van der Waals surface area (Å²) in [7, 11) is 0. The van der Waals surface area contributed by atoms with Gasteiger partial charge < -0.3 is 19.1 Å². The van der Waals surface area contributed by atoms with Gasteiger partial charge in [-0.2, -0.15) is 0 Å². The molecule has 3 rings (SSSR count). The average Bonchev–Trinajstić information content (AvgIpc) is 2.97. The Morgan fingerprint density at radius 3 is 2.41 bits per heavy atom. The van der Waals surface area contributed by atoms with Crippen molar-refractivity contribution >= 4 is 17.9 Å². The molecule has 0 aromatic carbocycles. The highest BCUT2D eigenvalue weighted by Gasteiger charge is 2.64. The van der Waals surface area contributed by atoms with Crippen molar-refractivity contribution in [1.82, 2.24) is 4.90 Å². The molecule has 8 atom stereocenters. The lowest BCUT2D eigenvalue weighted by molar-refractivity contribution is -0.438. The molecule has 7 nitrogen and oxygen atoms in total. The first-order chi connectivity index (χ1) is 16.4. The smallest absolute Gasteiger partial charge is 0.409 e. The van der Waals surface area contributed by atoms with Gasteiger partial charge in [-0.1, -0.05) is 26.7 Å². The molecule has 0 aromatic heterocycles. The molecule has 0 spiro atoms. The highest BCUT2D eigenvalue weighted by atomic mass is 32.2. The molecular weight excluding hydrogens is 454 g/mol. The third-order valence-electron chi connectivity index (χ3n) is 8.44. The first-order valence-electron chi connectivity index (χ1n) is 13.6. The summed E-state index contributed by atoms with van der Waals surface area (Å²) in [4.78, 5) is 19.0. The van der Waals surface area contributed by atoms with Gasteiger partial charge in [0.05, 0.1) is 12.7 Å². The van der Waals surface area contributed by atoms with Crippen LogP contribution < -0.4 is 0 Å². The minimum atomic E-state index is -0.749. The van der Waals surface area contributed by atoms with Crippen molar-refractivity contribution in [3.63, 3.8) is 0 Å². The van der Waals surface area contributed by atoms with Crippen molar-refractivity contribution in [2.75, 3.05) is 25.4 Å². The average molecular weight is 502 g/mol. The van der Waals surface area contributed by atoms with Gasteiger partial charge in [0.15, 0.2) is 11.9 Å². The number of amides is 1. The topological polar surface area (TPSA) is 77.5 Å². The van der Waals surface area contributed by atoms with E-state index in [0.29, 0.717) is 31.5 Å². The fraction of sp³-hybridized carbons (Fsp3) is 0.962. The Hall–Kier alpha value is -0.540. The lowest BCUT2D eigenvalue weighted by Gasteiger charge is -2.57. The van der Waals surface area contributed by atoms with E-state index in [0.717, 1.165) is 50.7 Å². The molecule has 2 heterocycles. The molecule has 0 radical (unpaired) electrons. The minimum Gasteiger partial charge on any atom is -0.449 e. The second kappa shape index (κ2) is 13.1. The van der Waals surface area contributed by atoms with Crippen LogP contribution in [0.1, 0.15) is 86.0 Å². The van der Waals surface area contributed by atoms with Crippen LogP contribution in [0, 0.1) is 23.7 Å². The predicted molar refractivity (Wildman–Crippen MR) is 135 cm³/mol. The van der Waals surface area contributed by atoms with Crippen LogP contribution >= 0.6 is 11.8 Å². The van der Waals surface area contributed by atoms with Gasteiger partial charge in [-0.3, -0.25) is 5.26 Å². The van der Waals surface area contributed by atoms with Gasteiger partial charge in [-0.25, -0.2) is 9.68 Å². The highest BCUT2D eigenvalue weighted by Crippen LogP contribution is 2.57. The van der Waals surface area contributed by atoms with Crippen LogP contribution in [-0.4, -0.2) is 65.1 Å². The molecule has 1 aliphatic carbocycles. The summed E-state index contributed by atoms with van der Waals surface area (Å²) in [5, 5.41) is 10.2. The maximum Gasteiger partial charge on any atom is 0.409 e. The van der Waals surface area contributed by atoms with E-state index in [1.54, 1.807) is 4.90 Å². The molecule has 0 aromatic rings. The Balaban J connectivity index is 1.45. The van der Waals surface area contributed by atoms with E-state index in [1.807, 2.05) is 25.6 Å². The third-order valence-corrected chi connectivity index (χ3v) is 9.83. The van der Waals surface area contributed by atoms with Gasteiger partial charge >= 0.3 is 6.09 Å². The molecule has 198 valence electrons. The monoisotopic (exact) mass is 501 g/mol. The van der Waals surface area contributed by atoms with Crippen LogP contribution in [0.25, 0.3) is 0 Å². The molecular formula is C26H47NO6S. The zero-order chi connectivity index (χ0) is 24.7. The quantitative estimate of drug-likeness (QED) is 0.206. The molecule has 0 bridgehead atoms. The van der Waals surface area contributed by atoms with Gasteiger partial charge in [0.2, 0.25) is 0 Å². The molecule has 2 saturated heterocycles. The number of unbranched alkanes of at least 4 members (excludes halogenated alkanes) is 3. The van der Waals surface area contributed by atoms with E-state index in [1.165, 1.54) is 6.42 Å². The molecule has 1 saturated carbocycles. The standard InChI is InChI=1S/C26H47NO6S/c1-6-27(7-2)25(28)30-16-10-8-9-11-17-34-23-20(5)22-14-12-18(3)21-15-13-19(4)31-24(32-23)26(21,22)33-29/h18-24,29H,6-17H2,1-5H3/t18-,19+,20-,21+,22+,23+,24+,26-/m1/s1. The van der Waals surface area contributed by atoms with Crippen molar-refractivity contribution in [3.8, 4) is 0 Å². The van der Waals surface area contributed by atoms with E-state index >= 15 is 0 Å². The normalized spacial score (nSPS) is 37.5. The minimum absolute atomic E-state index is 0.0488. The third kappa shape index (κ3) is 6.05. The predicted octanol–water partition coefficient (Wildman–Crippen LogP) is 6.17. The number of carbonyl (C=O) groups excluding carboxylic acids is 1. The van der Waals surface area contributed by atoms with Crippen LogP contribution in [0.2, 0.25) is 0 Å². The van der Waals surface area contributed by atoms with Crippen molar-refractivity contribution in [3.05, 3.63) is 0 Å². The lowest BCUT2D eigenvalue weighted by atomic mass is 9.58. The maximum atomic E-state index is 11.9. The van der Waals surface area contributed by atoms with Crippen LogP contribution in [0.3, 0.4) is 0 Å². The van der Waals surface area contributed by atoms with E-state index in [9.17, 15) is 10.1 Å². The summed E-state index contributed by atoms with van der Waals surface area (Å²) in [6.45, 7) is 12.4. The number of carbonyl (C=O) groups is 1. The number of rotatable bonds is 11. The van der Waals surface area contributed by atoms with Crippen molar-refractivity contribution in [2.24, 2.45) is 23.7 Å². The zero-order valence-corrected chi connectivity index (χ0v) is 22.7. The number of thioether (sulfide) groups is 1. The van der Waals surface area contributed by atoms with Gasteiger partial charge in [0, 0.05) is 19.0 Å². The number of ether oxygens (including phenoxy) is 3. The van der Waals surface area contributed by atoms with Gasteiger partial charge in [-0.05, 0) is 82.8 Å². The first kappa shape index (κ1) is 28.0. The Morgan fingerprint density at radius 2 is 1.71 bits per heavy atom. The van der Waals surface area contributed by atoms with Crippen LogP contribution in [-0.2, 0) is 19.1 Å². The Kier molecular flexibility index (Phi) is 10.8. The Morgan fingerprint density at radius 1 is 1.00 bits per heavy atom. The fourth-order valence-corrected chi connectivity index (χ4v) is 7.63. The second-order valence-corrected chi connectivity index (χ2v) is 11.7.